The molecule has 6 heteroatoms. The third-order valence-corrected chi connectivity index (χ3v) is 4.59. The Balaban J connectivity index is 1.73. The molecule has 1 aromatic carbocycles. The van der Waals surface area contributed by atoms with Crippen LogP contribution in [0.2, 0.25) is 4.34 Å². The van der Waals surface area contributed by atoms with Gasteiger partial charge in [-0.15, -0.1) is 11.3 Å². The highest BCUT2D eigenvalue weighted by molar-refractivity contribution is 7.16. The highest BCUT2D eigenvalue weighted by atomic mass is 35.5. The molecule has 21 heavy (non-hydrogen) atoms. The molecule has 110 valence electrons. The van der Waals surface area contributed by atoms with Crippen LogP contribution < -0.4 is 14.8 Å². The van der Waals surface area contributed by atoms with Gasteiger partial charge in [0, 0.05) is 10.4 Å². The summed E-state index contributed by atoms with van der Waals surface area (Å²) in [5.74, 6) is 1.14. The molecule has 2 heterocycles. The summed E-state index contributed by atoms with van der Waals surface area (Å²) < 4.78 is 11.6. The minimum absolute atomic E-state index is 0.0943. The third-order valence-electron chi connectivity index (χ3n) is 3.17. The van der Waals surface area contributed by atoms with Crippen LogP contribution in [0.1, 0.15) is 28.2 Å². The van der Waals surface area contributed by atoms with E-state index in [4.69, 9.17) is 21.1 Å². The lowest BCUT2D eigenvalue weighted by atomic mass is 10.1. The summed E-state index contributed by atoms with van der Waals surface area (Å²) in [5.41, 5.74) is 0.550. The van der Waals surface area contributed by atoms with E-state index in [1.807, 2.05) is 19.1 Å². The SMILES string of the molecule is C[C@H](NC(=O)c1ccc2c(c1)OCCO2)c1ccc(Cl)s1. The molecule has 0 saturated heterocycles. The number of carbonyl (C=O) groups excluding carboxylic acids is 1. The van der Waals surface area contributed by atoms with Crippen LogP contribution >= 0.6 is 22.9 Å². The molecule has 1 aromatic heterocycles. The average molecular weight is 324 g/mol. The second kappa shape index (κ2) is 5.95. The fourth-order valence-corrected chi connectivity index (χ4v) is 3.16. The second-order valence-electron chi connectivity index (χ2n) is 4.70. The number of benzene rings is 1. The first-order valence-corrected chi connectivity index (χ1v) is 7.78. The maximum Gasteiger partial charge on any atom is 0.251 e. The van der Waals surface area contributed by atoms with Crippen LogP contribution in [-0.4, -0.2) is 19.1 Å². The molecule has 0 bridgehead atoms. The van der Waals surface area contributed by atoms with E-state index in [2.05, 4.69) is 5.32 Å². The molecule has 1 N–H and O–H groups in total. The first kappa shape index (κ1) is 14.2. The summed E-state index contributed by atoms with van der Waals surface area (Å²) in [4.78, 5) is 13.3. The van der Waals surface area contributed by atoms with Crippen LogP contribution in [0.15, 0.2) is 30.3 Å². The number of rotatable bonds is 3. The first-order chi connectivity index (χ1) is 10.1. The van der Waals surface area contributed by atoms with Gasteiger partial charge in [0.25, 0.3) is 5.91 Å². The molecular weight excluding hydrogens is 310 g/mol. The van der Waals surface area contributed by atoms with E-state index in [1.54, 1.807) is 18.2 Å². The van der Waals surface area contributed by atoms with Gasteiger partial charge in [-0.05, 0) is 37.3 Å². The third kappa shape index (κ3) is 3.14. The molecule has 1 aliphatic heterocycles. The van der Waals surface area contributed by atoms with E-state index in [0.717, 1.165) is 4.88 Å². The molecule has 1 amide bonds. The van der Waals surface area contributed by atoms with E-state index < -0.39 is 0 Å². The van der Waals surface area contributed by atoms with Crippen molar-refractivity contribution in [3.8, 4) is 11.5 Å². The lowest BCUT2D eigenvalue weighted by molar-refractivity contribution is 0.0939. The smallest absolute Gasteiger partial charge is 0.251 e. The summed E-state index contributed by atoms with van der Waals surface area (Å²) in [5, 5.41) is 2.95. The summed E-state index contributed by atoms with van der Waals surface area (Å²) in [7, 11) is 0. The van der Waals surface area contributed by atoms with Crippen LogP contribution in [0.25, 0.3) is 0 Å². The predicted octanol–water partition coefficient (Wildman–Crippen LogP) is 3.66. The van der Waals surface area contributed by atoms with Gasteiger partial charge in [-0.3, -0.25) is 4.79 Å². The number of halogens is 1. The zero-order chi connectivity index (χ0) is 14.8. The van der Waals surface area contributed by atoms with Crippen molar-refractivity contribution < 1.29 is 14.3 Å². The van der Waals surface area contributed by atoms with Gasteiger partial charge in [-0.1, -0.05) is 11.6 Å². The van der Waals surface area contributed by atoms with Crippen LogP contribution in [0.4, 0.5) is 0 Å². The standard InChI is InChI=1S/C15H14ClNO3S/c1-9(13-4-5-14(16)21-13)17-15(18)10-2-3-11-12(8-10)20-7-6-19-11/h2-5,8-9H,6-7H2,1H3,(H,17,18)/t9-/m0/s1. The number of ether oxygens (including phenoxy) is 2. The average Bonchev–Trinajstić information content (AvgIpc) is 2.93. The van der Waals surface area contributed by atoms with E-state index in [0.29, 0.717) is 34.6 Å². The summed E-state index contributed by atoms with van der Waals surface area (Å²) >= 11 is 7.37. The van der Waals surface area contributed by atoms with Crippen LogP contribution in [0.5, 0.6) is 11.5 Å². The number of fused-ring (bicyclic) bond motifs is 1. The van der Waals surface area contributed by atoms with E-state index in [1.165, 1.54) is 11.3 Å². The van der Waals surface area contributed by atoms with E-state index >= 15 is 0 Å². The molecule has 2 aromatic rings. The van der Waals surface area contributed by atoms with Crippen LogP contribution in [0.3, 0.4) is 0 Å². The van der Waals surface area contributed by atoms with Gasteiger partial charge in [0.05, 0.1) is 10.4 Å². The summed E-state index contributed by atoms with van der Waals surface area (Å²) in [6, 6.07) is 8.85. The lowest BCUT2D eigenvalue weighted by Gasteiger charge is -2.19. The minimum atomic E-state index is -0.149. The number of carbonyl (C=O) groups is 1. The highest BCUT2D eigenvalue weighted by Gasteiger charge is 2.17. The Morgan fingerprint density at radius 2 is 2.00 bits per heavy atom. The molecule has 3 rings (SSSR count). The second-order valence-corrected chi connectivity index (χ2v) is 6.44. The van der Waals surface area contributed by atoms with Crippen molar-refractivity contribution in [2.45, 2.75) is 13.0 Å². The Morgan fingerprint density at radius 1 is 1.24 bits per heavy atom. The predicted molar refractivity (Wildman–Crippen MR) is 82.6 cm³/mol. The van der Waals surface area contributed by atoms with E-state index in [-0.39, 0.29) is 11.9 Å². The Hall–Kier alpha value is -1.72. The molecule has 0 saturated carbocycles. The molecule has 0 radical (unpaired) electrons. The van der Waals surface area contributed by atoms with Gasteiger partial charge in [-0.25, -0.2) is 0 Å². The molecule has 0 unspecified atom stereocenters. The first-order valence-electron chi connectivity index (χ1n) is 6.59. The number of thiophene rings is 1. The van der Waals surface area contributed by atoms with Gasteiger partial charge in [-0.2, -0.15) is 0 Å². The number of nitrogens with one attached hydrogen (secondary N) is 1. The topological polar surface area (TPSA) is 47.6 Å². The van der Waals surface area contributed by atoms with Crippen LogP contribution in [0, 0.1) is 0 Å². The number of amides is 1. The van der Waals surface area contributed by atoms with Crippen molar-refractivity contribution in [1.82, 2.24) is 5.32 Å². The molecule has 0 fully saturated rings. The quantitative estimate of drug-likeness (QED) is 0.937. The monoisotopic (exact) mass is 323 g/mol. The van der Waals surface area contributed by atoms with Crippen molar-refractivity contribution in [2.24, 2.45) is 0 Å². The minimum Gasteiger partial charge on any atom is -0.486 e. The number of hydrogen-bond acceptors (Lipinski definition) is 4. The number of hydrogen-bond donors (Lipinski definition) is 1. The Labute approximate surface area is 131 Å². The van der Waals surface area contributed by atoms with Crippen LogP contribution in [-0.2, 0) is 0 Å². The van der Waals surface area contributed by atoms with Gasteiger partial charge in [0.1, 0.15) is 13.2 Å². The zero-order valence-corrected chi connectivity index (χ0v) is 13.0. The normalized spacial score (nSPS) is 14.6. The Morgan fingerprint density at radius 3 is 2.71 bits per heavy atom. The van der Waals surface area contributed by atoms with Crippen molar-refractivity contribution in [1.29, 1.82) is 0 Å². The van der Waals surface area contributed by atoms with Gasteiger partial charge < -0.3 is 14.8 Å². The largest absolute Gasteiger partial charge is 0.486 e. The Kier molecular flexibility index (Phi) is 4.03. The molecule has 1 aliphatic rings. The summed E-state index contributed by atoms with van der Waals surface area (Å²) in [6.45, 7) is 2.97. The van der Waals surface area contributed by atoms with Crippen molar-refractivity contribution in [2.75, 3.05) is 13.2 Å². The fourth-order valence-electron chi connectivity index (χ4n) is 2.10. The zero-order valence-electron chi connectivity index (χ0n) is 11.4. The van der Waals surface area contributed by atoms with Gasteiger partial charge in [0.2, 0.25) is 0 Å². The molecule has 4 nitrogen and oxygen atoms in total. The van der Waals surface area contributed by atoms with Gasteiger partial charge in [0.15, 0.2) is 11.5 Å². The molecule has 1 atom stereocenters. The molecule has 0 aliphatic carbocycles. The molecular formula is C15H14ClNO3S. The van der Waals surface area contributed by atoms with Gasteiger partial charge >= 0.3 is 0 Å². The molecule has 0 spiro atoms. The van der Waals surface area contributed by atoms with Crippen molar-refractivity contribution in [3.05, 3.63) is 45.1 Å². The highest BCUT2D eigenvalue weighted by Crippen LogP contribution is 2.31. The summed E-state index contributed by atoms with van der Waals surface area (Å²) in [6.07, 6.45) is 0. The Bertz CT molecular complexity index is 671. The van der Waals surface area contributed by atoms with Crippen molar-refractivity contribution >= 4 is 28.8 Å². The van der Waals surface area contributed by atoms with E-state index in [9.17, 15) is 4.79 Å². The van der Waals surface area contributed by atoms with Crippen molar-refractivity contribution in [3.63, 3.8) is 0 Å². The lowest BCUT2D eigenvalue weighted by Crippen LogP contribution is -2.26. The fraction of sp³-hybridized carbons (Fsp3) is 0.267. The maximum atomic E-state index is 12.3. The maximum absolute atomic E-state index is 12.3.